The second-order valence-electron chi connectivity index (χ2n) is 8.09. The Balaban J connectivity index is 0.00000320. The van der Waals surface area contributed by atoms with Crippen molar-refractivity contribution in [1.82, 2.24) is 15.1 Å². The van der Waals surface area contributed by atoms with E-state index in [1.54, 1.807) is 4.90 Å². The minimum Gasteiger partial charge on any atom is -0.489 e. The van der Waals surface area contributed by atoms with Crippen molar-refractivity contribution in [1.29, 1.82) is 0 Å². The first kappa shape index (κ1) is 24.7. The van der Waals surface area contributed by atoms with E-state index in [1.807, 2.05) is 26.0 Å². The fourth-order valence-electron chi connectivity index (χ4n) is 3.90. The molecule has 2 fully saturated rings. The van der Waals surface area contributed by atoms with Gasteiger partial charge in [0, 0.05) is 52.2 Å². The number of anilines is 1. The standard InChI is InChI=1S/C22H34N4O3.HI/c1-18(2)29-20-8-4-3-7-19(20)25-15-13-24(14-16-25)12-10-23-21(27)17-26-11-6-5-9-22(26)28;/h3-4,7-8,18H,5-6,9-17H2,1-2H3,(H,23,27);1H. The number of rotatable bonds is 8. The van der Waals surface area contributed by atoms with Crippen LogP contribution >= 0.6 is 24.0 Å². The molecule has 168 valence electrons. The van der Waals surface area contributed by atoms with E-state index in [-0.39, 0.29) is 48.4 Å². The fourth-order valence-corrected chi connectivity index (χ4v) is 3.90. The lowest BCUT2D eigenvalue weighted by molar-refractivity contribution is -0.137. The molecule has 1 N–H and O–H groups in total. The van der Waals surface area contributed by atoms with Crippen LogP contribution in [0.1, 0.15) is 33.1 Å². The predicted octanol–water partition coefficient (Wildman–Crippen LogP) is 2.34. The smallest absolute Gasteiger partial charge is 0.239 e. The lowest BCUT2D eigenvalue weighted by Gasteiger charge is -2.37. The molecule has 0 atom stereocenters. The molecule has 1 aromatic carbocycles. The average molecular weight is 530 g/mol. The van der Waals surface area contributed by atoms with Gasteiger partial charge >= 0.3 is 0 Å². The highest BCUT2D eigenvalue weighted by Crippen LogP contribution is 2.29. The lowest BCUT2D eigenvalue weighted by atomic mass is 10.1. The van der Waals surface area contributed by atoms with E-state index in [2.05, 4.69) is 27.2 Å². The Bertz CT molecular complexity index is 693. The predicted molar refractivity (Wildman–Crippen MR) is 130 cm³/mol. The van der Waals surface area contributed by atoms with Crippen molar-refractivity contribution in [2.45, 2.75) is 39.2 Å². The van der Waals surface area contributed by atoms with Gasteiger partial charge in [0.25, 0.3) is 0 Å². The van der Waals surface area contributed by atoms with Gasteiger partial charge in [0.1, 0.15) is 5.75 Å². The SMILES string of the molecule is CC(C)Oc1ccccc1N1CCN(CCNC(=O)CN2CCCCC2=O)CC1.I. The maximum atomic E-state index is 12.1. The van der Waals surface area contributed by atoms with Crippen molar-refractivity contribution in [3.05, 3.63) is 24.3 Å². The van der Waals surface area contributed by atoms with Gasteiger partial charge in [-0.05, 0) is 38.8 Å². The van der Waals surface area contributed by atoms with Crippen LogP contribution in [0.4, 0.5) is 5.69 Å². The highest BCUT2D eigenvalue weighted by Gasteiger charge is 2.22. The number of piperazine rings is 1. The van der Waals surface area contributed by atoms with Gasteiger partial charge in [-0.3, -0.25) is 14.5 Å². The number of nitrogens with one attached hydrogen (secondary N) is 1. The fraction of sp³-hybridized carbons (Fsp3) is 0.636. The number of ether oxygens (including phenoxy) is 1. The number of benzene rings is 1. The van der Waals surface area contributed by atoms with Crippen LogP contribution in [-0.2, 0) is 9.59 Å². The molecule has 0 radical (unpaired) electrons. The second kappa shape index (κ2) is 12.3. The van der Waals surface area contributed by atoms with Gasteiger partial charge in [0.05, 0.1) is 18.3 Å². The lowest BCUT2D eigenvalue weighted by Crippen LogP contribution is -2.49. The number of para-hydroxylation sites is 2. The van der Waals surface area contributed by atoms with Crippen molar-refractivity contribution < 1.29 is 14.3 Å². The summed E-state index contributed by atoms with van der Waals surface area (Å²) in [6, 6.07) is 8.22. The number of amides is 2. The maximum absolute atomic E-state index is 12.1. The number of carbonyl (C=O) groups excluding carboxylic acids is 2. The number of hydrogen-bond donors (Lipinski definition) is 1. The van der Waals surface area contributed by atoms with Crippen LogP contribution in [0.25, 0.3) is 0 Å². The number of hydrogen-bond acceptors (Lipinski definition) is 5. The van der Waals surface area contributed by atoms with Gasteiger partial charge in [0.15, 0.2) is 0 Å². The Morgan fingerprint density at radius 3 is 2.53 bits per heavy atom. The Labute approximate surface area is 197 Å². The van der Waals surface area contributed by atoms with Gasteiger partial charge < -0.3 is 19.9 Å². The summed E-state index contributed by atoms with van der Waals surface area (Å²) in [7, 11) is 0. The Hall–Kier alpha value is -1.55. The Kier molecular flexibility index (Phi) is 10.2. The van der Waals surface area contributed by atoms with E-state index in [9.17, 15) is 9.59 Å². The van der Waals surface area contributed by atoms with Crippen LogP contribution < -0.4 is 15.0 Å². The molecule has 0 spiro atoms. The minimum atomic E-state index is -0.0568. The topological polar surface area (TPSA) is 65.1 Å². The van der Waals surface area contributed by atoms with Gasteiger partial charge in [-0.1, -0.05) is 12.1 Å². The van der Waals surface area contributed by atoms with Crippen LogP contribution in [-0.4, -0.2) is 80.1 Å². The summed E-state index contributed by atoms with van der Waals surface area (Å²) in [6.45, 7) is 10.2. The highest BCUT2D eigenvalue weighted by molar-refractivity contribution is 14.0. The van der Waals surface area contributed by atoms with Crippen LogP contribution in [0.3, 0.4) is 0 Å². The maximum Gasteiger partial charge on any atom is 0.239 e. The summed E-state index contributed by atoms with van der Waals surface area (Å²) in [5.74, 6) is 0.985. The largest absolute Gasteiger partial charge is 0.489 e. The van der Waals surface area contributed by atoms with Crippen LogP contribution in [0.5, 0.6) is 5.75 Å². The number of carbonyl (C=O) groups is 2. The average Bonchev–Trinajstić information content (AvgIpc) is 2.70. The monoisotopic (exact) mass is 530 g/mol. The summed E-state index contributed by atoms with van der Waals surface area (Å²) in [6.07, 6.45) is 2.66. The molecule has 2 saturated heterocycles. The second-order valence-corrected chi connectivity index (χ2v) is 8.09. The van der Waals surface area contributed by atoms with E-state index < -0.39 is 0 Å². The molecule has 2 aliphatic heterocycles. The molecule has 1 aromatic rings. The van der Waals surface area contributed by atoms with Gasteiger partial charge in [-0.15, -0.1) is 24.0 Å². The molecule has 7 nitrogen and oxygen atoms in total. The summed E-state index contributed by atoms with van der Waals surface area (Å²) in [5, 5.41) is 2.96. The normalized spacial score (nSPS) is 17.6. The van der Waals surface area contributed by atoms with E-state index in [0.29, 0.717) is 19.5 Å². The van der Waals surface area contributed by atoms with Crippen molar-refractivity contribution in [3.63, 3.8) is 0 Å². The third kappa shape index (κ3) is 7.30. The number of piperidine rings is 1. The summed E-state index contributed by atoms with van der Waals surface area (Å²) in [5.41, 5.74) is 1.15. The minimum absolute atomic E-state index is 0. The highest BCUT2D eigenvalue weighted by atomic mass is 127. The molecule has 2 amide bonds. The van der Waals surface area contributed by atoms with Crippen molar-refractivity contribution in [2.75, 3.05) is 57.3 Å². The number of halogens is 1. The molecule has 0 aliphatic carbocycles. The summed E-state index contributed by atoms with van der Waals surface area (Å²) < 4.78 is 5.96. The molecule has 0 saturated carbocycles. The van der Waals surface area contributed by atoms with E-state index in [4.69, 9.17) is 4.74 Å². The van der Waals surface area contributed by atoms with E-state index in [1.165, 1.54) is 0 Å². The van der Waals surface area contributed by atoms with Gasteiger partial charge in [-0.2, -0.15) is 0 Å². The molecular weight excluding hydrogens is 495 g/mol. The van der Waals surface area contributed by atoms with E-state index in [0.717, 1.165) is 57.0 Å². The Morgan fingerprint density at radius 1 is 1.10 bits per heavy atom. The quantitative estimate of drug-likeness (QED) is 0.523. The zero-order chi connectivity index (χ0) is 20.6. The van der Waals surface area contributed by atoms with Crippen molar-refractivity contribution in [3.8, 4) is 5.75 Å². The van der Waals surface area contributed by atoms with Gasteiger partial charge in [0.2, 0.25) is 11.8 Å². The zero-order valence-electron chi connectivity index (χ0n) is 18.1. The molecule has 8 heteroatoms. The first-order chi connectivity index (χ1) is 14.0. The Morgan fingerprint density at radius 2 is 1.83 bits per heavy atom. The third-order valence-corrected chi connectivity index (χ3v) is 5.45. The molecule has 0 unspecified atom stereocenters. The summed E-state index contributed by atoms with van der Waals surface area (Å²) >= 11 is 0. The molecule has 0 aromatic heterocycles. The van der Waals surface area contributed by atoms with Crippen molar-refractivity contribution >= 4 is 41.5 Å². The molecule has 30 heavy (non-hydrogen) atoms. The first-order valence-corrected chi connectivity index (χ1v) is 10.8. The van der Waals surface area contributed by atoms with Gasteiger partial charge in [-0.25, -0.2) is 0 Å². The van der Waals surface area contributed by atoms with E-state index >= 15 is 0 Å². The first-order valence-electron chi connectivity index (χ1n) is 10.8. The van der Waals surface area contributed by atoms with Crippen LogP contribution in [0.2, 0.25) is 0 Å². The molecule has 2 heterocycles. The molecule has 0 bridgehead atoms. The third-order valence-electron chi connectivity index (χ3n) is 5.45. The number of nitrogens with zero attached hydrogens (tertiary/aromatic N) is 3. The van der Waals surface area contributed by atoms with Crippen LogP contribution in [0.15, 0.2) is 24.3 Å². The zero-order valence-corrected chi connectivity index (χ0v) is 20.5. The van der Waals surface area contributed by atoms with Crippen LogP contribution in [0, 0.1) is 0 Å². The number of likely N-dealkylation sites (tertiary alicyclic amines) is 1. The summed E-state index contributed by atoms with van der Waals surface area (Å²) in [4.78, 5) is 30.3. The molecule has 2 aliphatic rings. The molecular formula is C22H35IN4O3. The molecule has 3 rings (SSSR count). The van der Waals surface area contributed by atoms with Crippen molar-refractivity contribution in [2.24, 2.45) is 0 Å².